The third-order valence-electron chi connectivity index (χ3n) is 7.89. The van der Waals surface area contributed by atoms with Crippen molar-refractivity contribution < 1.29 is 32.9 Å². The molecule has 1 fully saturated rings. The highest BCUT2D eigenvalue weighted by Crippen LogP contribution is 2.39. The monoisotopic (exact) mass is 604 g/mol. The molecular formula is C33H37FN4O6. The minimum Gasteiger partial charge on any atom is -0.497 e. The van der Waals surface area contributed by atoms with Crippen LogP contribution >= 0.6 is 0 Å². The lowest BCUT2D eigenvalue weighted by Gasteiger charge is -2.31. The van der Waals surface area contributed by atoms with Gasteiger partial charge in [-0.25, -0.2) is 9.40 Å². The number of morpholine rings is 1. The summed E-state index contributed by atoms with van der Waals surface area (Å²) in [5.74, 6) is 0.613. The van der Waals surface area contributed by atoms with Crippen LogP contribution in [-0.2, 0) is 9.53 Å². The number of methoxy groups -OCH3 is 3. The van der Waals surface area contributed by atoms with Crippen molar-refractivity contribution in [3.63, 3.8) is 0 Å². The summed E-state index contributed by atoms with van der Waals surface area (Å²) in [5.41, 5.74) is 1.83. The van der Waals surface area contributed by atoms with E-state index in [4.69, 9.17) is 18.9 Å². The number of amides is 2. The van der Waals surface area contributed by atoms with Gasteiger partial charge in [0.15, 0.2) is 0 Å². The molecule has 3 aromatic rings. The largest absolute Gasteiger partial charge is 0.497 e. The van der Waals surface area contributed by atoms with Gasteiger partial charge in [-0.2, -0.15) is 5.10 Å². The van der Waals surface area contributed by atoms with Gasteiger partial charge in [-0.05, 0) is 48.5 Å². The van der Waals surface area contributed by atoms with Gasteiger partial charge in [0.05, 0.1) is 46.3 Å². The second-order valence-corrected chi connectivity index (χ2v) is 10.5. The normalized spacial score (nSPS) is 16.8. The average Bonchev–Trinajstić information content (AvgIpc) is 3.52. The van der Waals surface area contributed by atoms with E-state index in [2.05, 4.69) is 10.0 Å². The minimum absolute atomic E-state index is 0.230. The number of carbonyl (C=O) groups excluding carboxylic acids is 2. The molecule has 1 saturated heterocycles. The lowest BCUT2D eigenvalue weighted by molar-refractivity contribution is -0.133. The Morgan fingerprint density at radius 2 is 1.66 bits per heavy atom. The minimum atomic E-state index is -0.612. The third kappa shape index (κ3) is 7.00. The summed E-state index contributed by atoms with van der Waals surface area (Å²) in [4.78, 5) is 31.7. The Balaban J connectivity index is 1.47. The van der Waals surface area contributed by atoms with Gasteiger partial charge in [0.1, 0.15) is 29.6 Å². The van der Waals surface area contributed by atoms with Crippen LogP contribution in [0.4, 0.5) is 4.39 Å². The number of hydrogen-bond acceptors (Lipinski definition) is 8. The fourth-order valence-electron chi connectivity index (χ4n) is 5.43. The molecule has 0 radical (unpaired) electrons. The maximum absolute atomic E-state index is 14.9. The second kappa shape index (κ2) is 14.3. The highest BCUT2D eigenvalue weighted by atomic mass is 19.1. The number of ether oxygens (including phenoxy) is 4. The summed E-state index contributed by atoms with van der Waals surface area (Å²) in [6.07, 6.45) is 0.246. The number of carbonyl (C=O) groups is 2. The molecule has 0 N–H and O–H groups in total. The first kappa shape index (κ1) is 31.0. The molecule has 10 nitrogen and oxygen atoms in total. The van der Waals surface area contributed by atoms with Crippen LogP contribution in [0.25, 0.3) is 0 Å². The zero-order chi connectivity index (χ0) is 31.1. The fourth-order valence-corrected chi connectivity index (χ4v) is 5.43. The zero-order valence-electron chi connectivity index (χ0n) is 25.2. The number of halogens is 1. The Hall–Kier alpha value is -4.48. The maximum atomic E-state index is 14.9. The lowest BCUT2D eigenvalue weighted by Crippen LogP contribution is -2.46. The standard InChI is InChI=1S/C33H37FN4O6/c1-41-24-10-8-23(9-11-24)33(40)37(15-14-36-16-18-44-19-17-36)22-32(39)38-30(27-20-25(42-2)12-13-31(27)43-3)21-29(35-38)26-6-4-5-7-28(26)34/h4-13,20,30H,14-19,21-22H2,1-3H3/t30-/m0/s1. The van der Waals surface area contributed by atoms with E-state index in [0.717, 1.165) is 13.1 Å². The van der Waals surface area contributed by atoms with Crippen molar-refractivity contribution in [1.82, 2.24) is 14.8 Å². The van der Waals surface area contributed by atoms with Crippen LogP contribution < -0.4 is 14.2 Å². The molecule has 0 aromatic heterocycles. The highest BCUT2D eigenvalue weighted by molar-refractivity contribution is 6.04. The van der Waals surface area contributed by atoms with Crippen molar-refractivity contribution in [2.24, 2.45) is 5.10 Å². The molecule has 0 saturated carbocycles. The number of rotatable bonds is 11. The highest BCUT2D eigenvalue weighted by Gasteiger charge is 2.37. The summed E-state index contributed by atoms with van der Waals surface area (Å²) < 4.78 is 36.7. The second-order valence-electron chi connectivity index (χ2n) is 10.5. The number of hydrazone groups is 1. The Morgan fingerprint density at radius 1 is 0.955 bits per heavy atom. The first-order chi connectivity index (χ1) is 21.4. The van der Waals surface area contributed by atoms with Crippen LogP contribution in [0.5, 0.6) is 17.2 Å². The van der Waals surface area contributed by atoms with Crippen LogP contribution in [0.15, 0.2) is 71.8 Å². The van der Waals surface area contributed by atoms with E-state index >= 15 is 0 Å². The van der Waals surface area contributed by atoms with E-state index < -0.39 is 17.8 Å². The van der Waals surface area contributed by atoms with Gasteiger partial charge in [-0.15, -0.1) is 0 Å². The average molecular weight is 605 g/mol. The molecule has 0 bridgehead atoms. The summed E-state index contributed by atoms with van der Waals surface area (Å²) in [6.45, 7) is 3.41. The van der Waals surface area contributed by atoms with Gasteiger partial charge in [0.2, 0.25) is 0 Å². The van der Waals surface area contributed by atoms with E-state index in [-0.39, 0.29) is 18.9 Å². The molecule has 11 heteroatoms. The van der Waals surface area contributed by atoms with Gasteiger partial charge in [-0.3, -0.25) is 14.5 Å². The molecule has 2 amide bonds. The van der Waals surface area contributed by atoms with Crippen molar-refractivity contribution in [2.45, 2.75) is 12.5 Å². The Bertz CT molecular complexity index is 1490. The van der Waals surface area contributed by atoms with E-state index in [1.165, 1.54) is 16.0 Å². The molecule has 3 aromatic carbocycles. The zero-order valence-corrected chi connectivity index (χ0v) is 25.2. The molecule has 1 atom stereocenters. The van der Waals surface area contributed by atoms with Crippen LogP contribution in [0.3, 0.4) is 0 Å². The van der Waals surface area contributed by atoms with Crippen LogP contribution in [0.1, 0.15) is 33.9 Å². The molecule has 232 valence electrons. The molecule has 2 aliphatic rings. The quantitative estimate of drug-likeness (QED) is 0.327. The summed E-state index contributed by atoms with van der Waals surface area (Å²) >= 11 is 0. The van der Waals surface area contributed by atoms with Crippen molar-refractivity contribution in [3.05, 3.63) is 89.2 Å². The molecule has 0 spiro atoms. The van der Waals surface area contributed by atoms with Crippen molar-refractivity contribution >= 4 is 17.5 Å². The number of hydrogen-bond donors (Lipinski definition) is 0. The molecular weight excluding hydrogens is 567 g/mol. The molecule has 0 aliphatic carbocycles. The molecule has 2 aliphatic heterocycles. The van der Waals surface area contributed by atoms with Crippen molar-refractivity contribution in [3.8, 4) is 17.2 Å². The summed E-state index contributed by atoms with van der Waals surface area (Å²) in [7, 11) is 4.66. The SMILES string of the molecule is COc1ccc(C(=O)N(CCN2CCOCC2)CC(=O)N2N=C(c3ccccc3F)C[C@H]2c2cc(OC)ccc2OC)cc1. The van der Waals surface area contributed by atoms with Gasteiger partial charge in [-0.1, -0.05) is 18.2 Å². The van der Waals surface area contributed by atoms with Crippen molar-refractivity contribution in [2.75, 3.05) is 67.3 Å². The predicted molar refractivity (Wildman–Crippen MR) is 163 cm³/mol. The summed E-state index contributed by atoms with van der Waals surface area (Å²) in [6, 6.07) is 17.9. The van der Waals surface area contributed by atoms with Crippen molar-refractivity contribution in [1.29, 1.82) is 0 Å². The van der Waals surface area contributed by atoms with E-state index in [1.807, 2.05) is 0 Å². The van der Waals surface area contributed by atoms with Crippen LogP contribution in [0, 0.1) is 5.82 Å². The van der Waals surface area contributed by atoms with E-state index in [9.17, 15) is 14.0 Å². The number of benzene rings is 3. The van der Waals surface area contributed by atoms with E-state index in [1.54, 1.807) is 82.0 Å². The third-order valence-corrected chi connectivity index (χ3v) is 7.89. The topological polar surface area (TPSA) is 93.1 Å². The molecule has 44 heavy (non-hydrogen) atoms. The molecule has 2 heterocycles. The lowest BCUT2D eigenvalue weighted by atomic mass is 9.97. The maximum Gasteiger partial charge on any atom is 0.262 e. The first-order valence-corrected chi connectivity index (χ1v) is 14.5. The Morgan fingerprint density at radius 3 is 2.34 bits per heavy atom. The predicted octanol–water partition coefficient (Wildman–Crippen LogP) is 4.00. The Labute approximate surface area is 256 Å². The van der Waals surface area contributed by atoms with Gasteiger partial charge in [0.25, 0.3) is 11.8 Å². The number of nitrogens with zero attached hydrogens (tertiary/aromatic N) is 4. The fraction of sp³-hybridized carbons (Fsp3) is 0.364. The van der Waals surface area contributed by atoms with E-state index in [0.29, 0.717) is 66.0 Å². The van der Waals surface area contributed by atoms with Gasteiger partial charge < -0.3 is 23.8 Å². The van der Waals surface area contributed by atoms with Gasteiger partial charge in [0, 0.05) is 49.3 Å². The molecule has 5 rings (SSSR count). The first-order valence-electron chi connectivity index (χ1n) is 14.5. The van der Waals surface area contributed by atoms with Gasteiger partial charge >= 0.3 is 0 Å². The van der Waals surface area contributed by atoms with Crippen LogP contribution in [0.2, 0.25) is 0 Å². The van der Waals surface area contributed by atoms with Crippen LogP contribution in [-0.4, -0.2) is 99.6 Å². The summed E-state index contributed by atoms with van der Waals surface area (Å²) in [5, 5.41) is 6.00. The Kier molecular flexibility index (Phi) is 10.1. The molecule has 0 unspecified atom stereocenters. The smallest absolute Gasteiger partial charge is 0.262 e.